The van der Waals surface area contributed by atoms with E-state index in [1.165, 1.54) is 9.80 Å². The van der Waals surface area contributed by atoms with Crippen molar-refractivity contribution in [2.45, 2.75) is 63.2 Å². The Bertz CT molecular complexity index is 1480. The van der Waals surface area contributed by atoms with Crippen LogP contribution in [0.15, 0.2) is 34.1 Å². The Hall–Kier alpha value is -4.54. The van der Waals surface area contributed by atoms with E-state index in [1.54, 1.807) is 0 Å². The molecular weight excluding hydrogens is 656 g/mol. The van der Waals surface area contributed by atoms with Crippen LogP contribution in [0.3, 0.4) is 0 Å². The highest BCUT2D eigenvalue weighted by Gasteiger charge is 2.34. The second-order valence-electron chi connectivity index (χ2n) is 9.71. The molecule has 22 heteroatoms. The van der Waals surface area contributed by atoms with Crippen LogP contribution >= 0.6 is 0 Å². The van der Waals surface area contributed by atoms with Crippen molar-refractivity contribution in [3.05, 3.63) is 64.7 Å². The lowest BCUT2D eigenvalue weighted by atomic mass is 10.2. The van der Waals surface area contributed by atoms with Gasteiger partial charge in [0.2, 0.25) is 20.0 Å². The van der Waals surface area contributed by atoms with Crippen LogP contribution < -0.4 is 20.1 Å². The average Bonchev–Trinajstić information content (AvgIpc) is 2.94. The van der Waals surface area contributed by atoms with E-state index < -0.39 is 72.3 Å². The quantitative estimate of drug-likeness (QED) is 0.188. The minimum absolute atomic E-state index is 0.198. The molecular formula is C24H36N8O12S2. The van der Waals surface area contributed by atoms with Crippen molar-refractivity contribution in [3.63, 3.8) is 0 Å². The highest BCUT2D eigenvalue weighted by molar-refractivity contribution is 7.89. The van der Waals surface area contributed by atoms with Gasteiger partial charge >= 0.3 is 22.7 Å². The van der Waals surface area contributed by atoms with Crippen LogP contribution in [-0.4, -0.2) is 62.7 Å². The predicted molar refractivity (Wildman–Crippen MR) is 168 cm³/mol. The fraction of sp³-hybridized carbons (Fsp3) is 0.500. The number of rotatable bonds is 16. The second kappa shape index (κ2) is 16.7. The summed E-state index contributed by atoms with van der Waals surface area (Å²) in [7, 11) is -8.62. The lowest BCUT2D eigenvalue weighted by molar-refractivity contribution is -0.393. The van der Waals surface area contributed by atoms with Gasteiger partial charge in [0, 0.05) is 50.4 Å². The largest absolute Gasteiger partial charge is 0.360 e. The van der Waals surface area contributed by atoms with E-state index in [9.17, 15) is 57.3 Å². The zero-order valence-electron chi connectivity index (χ0n) is 25.5. The monoisotopic (exact) mass is 692 g/mol. The molecule has 0 bridgehead atoms. The Balaban J connectivity index is 0.000000460. The summed E-state index contributed by atoms with van der Waals surface area (Å²) in [4.78, 5) is 43.6. The highest BCUT2D eigenvalue weighted by Crippen LogP contribution is 2.41. The fourth-order valence-electron chi connectivity index (χ4n) is 4.44. The van der Waals surface area contributed by atoms with Gasteiger partial charge in [0.25, 0.3) is 0 Å². The minimum atomic E-state index is -4.31. The molecule has 256 valence electrons. The minimum Gasteiger partial charge on any atom is -0.360 e. The van der Waals surface area contributed by atoms with E-state index in [2.05, 4.69) is 0 Å². The number of anilines is 2. The topological polar surface area (TPSA) is 299 Å². The normalized spacial score (nSPS) is 11.3. The second-order valence-corrected chi connectivity index (χ2v) is 12.8. The summed E-state index contributed by atoms with van der Waals surface area (Å²) in [5.74, 6) is 0. The molecule has 0 fully saturated rings. The molecule has 0 saturated heterocycles. The van der Waals surface area contributed by atoms with E-state index in [0.29, 0.717) is 51.9 Å². The van der Waals surface area contributed by atoms with Crippen molar-refractivity contribution in [2.24, 2.45) is 10.3 Å². The molecule has 20 nitrogen and oxygen atoms in total. The molecule has 0 unspecified atom stereocenters. The van der Waals surface area contributed by atoms with Gasteiger partial charge in [-0.3, -0.25) is 40.5 Å². The summed E-state index contributed by atoms with van der Waals surface area (Å²) in [6, 6.07) is 3.04. The fourth-order valence-corrected chi connectivity index (χ4v) is 5.55. The first-order valence-corrected chi connectivity index (χ1v) is 16.8. The molecule has 2 aromatic rings. The third kappa shape index (κ3) is 10.3. The third-order valence-electron chi connectivity index (χ3n) is 6.14. The van der Waals surface area contributed by atoms with Crippen LogP contribution in [0.1, 0.15) is 53.4 Å². The van der Waals surface area contributed by atoms with Crippen LogP contribution in [0.5, 0.6) is 0 Å². The molecule has 0 radical (unpaired) electrons. The summed E-state index contributed by atoms with van der Waals surface area (Å²) < 4.78 is 45.7. The number of benzene rings is 2. The van der Waals surface area contributed by atoms with Gasteiger partial charge in [-0.1, -0.05) is 27.7 Å². The van der Waals surface area contributed by atoms with Gasteiger partial charge in [0.15, 0.2) is 11.4 Å². The predicted octanol–water partition coefficient (Wildman–Crippen LogP) is 3.55. The third-order valence-corrected chi connectivity index (χ3v) is 7.92. The van der Waals surface area contributed by atoms with Gasteiger partial charge in [0.1, 0.15) is 0 Å². The first-order valence-electron chi connectivity index (χ1n) is 13.8. The summed E-state index contributed by atoms with van der Waals surface area (Å²) in [5.41, 5.74) is -2.99. The van der Waals surface area contributed by atoms with E-state index in [1.807, 2.05) is 27.7 Å². The van der Waals surface area contributed by atoms with Crippen molar-refractivity contribution in [1.82, 2.24) is 0 Å². The zero-order valence-corrected chi connectivity index (χ0v) is 27.2. The molecule has 46 heavy (non-hydrogen) atoms. The maximum absolute atomic E-state index is 11.4. The zero-order chi connectivity index (χ0) is 35.6. The van der Waals surface area contributed by atoms with Crippen LogP contribution in [0.4, 0.5) is 34.1 Å². The summed E-state index contributed by atoms with van der Waals surface area (Å²) in [5, 5.41) is 55.1. The van der Waals surface area contributed by atoms with E-state index in [0.717, 1.165) is 24.3 Å². The molecule has 0 spiro atoms. The molecule has 0 atom stereocenters. The smallest absolute Gasteiger partial charge is 0.301 e. The van der Waals surface area contributed by atoms with Gasteiger partial charge in [0.05, 0.1) is 29.5 Å². The molecule has 0 aliphatic carbocycles. The molecule has 2 aromatic carbocycles. The van der Waals surface area contributed by atoms with E-state index >= 15 is 0 Å². The maximum Gasteiger partial charge on any atom is 0.301 e. The van der Waals surface area contributed by atoms with E-state index in [-0.39, 0.29) is 11.4 Å². The van der Waals surface area contributed by atoms with Gasteiger partial charge in [-0.15, -0.1) is 0 Å². The first kappa shape index (κ1) is 39.5. The molecule has 0 saturated carbocycles. The lowest BCUT2D eigenvalue weighted by Crippen LogP contribution is -2.27. The lowest BCUT2D eigenvalue weighted by Gasteiger charge is -2.23. The molecule has 2 rings (SSSR count). The Morgan fingerprint density at radius 1 is 0.522 bits per heavy atom. The SMILES string of the molecule is CCCN(CCC)c1c([N+](=O)[O-])cc(S(N)(=O)=O)cc1[N+](=O)[O-].CCCN(CCC)c1c([N+](=O)[O-])cc(S(N)(=O)=O)cc1[N+](=O)[O-]. The number of nitro groups is 4. The van der Waals surface area contributed by atoms with Crippen molar-refractivity contribution in [1.29, 1.82) is 0 Å². The first-order chi connectivity index (χ1) is 21.3. The molecule has 0 aliphatic heterocycles. The number of sulfonamides is 2. The number of nitrogens with zero attached hydrogens (tertiary/aromatic N) is 6. The number of nitro benzene ring substituents is 4. The Morgan fingerprint density at radius 2 is 0.717 bits per heavy atom. The van der Waals surface area contributed by atoms with Crippen LogP contribution in [0.2, 0.25) is 0 Å². The van der Waals surface area contributed by atoms with Crippen LogP contribution in [0.25, 0.3) is 0 Å². The van der Waals surface area contributed by atoms with Crippen molar-refractivity contribution in [3.8, 4) is 0 Å². The summed E-state index contributed by atoms with van der Waals surface area (Å²) >= 11 is 0. The molecule has 4 N–H and O–H groups in total. The van der Waals surface area contributed by atoms with Gasteiger partial charge < -0.3 is 9.80 Å². The van der Waals surface area contributed by atoms with Gasteiger partial charge in [-0.2, -0.15) is 0 Å². The van der Waals surface area contributed by atoms with Crippen LogP contribution in [0, 0.1) is 40.5 Å². The molecule has 0 aromatic heterocycles. The number of hydrogen-bond donors (Lipinski definition) is 2. The number of hydrogen-bond acceptors (Lipinski definition) is 14. The van der Waals surface area contributed by atoms with Gasteiger partial charge in [-0.25, -0.2) is 27.1 Å². The Kier molecular flexibility index (Phi) is 14.3. The average molecular weight is 693 g/mol. The van der Waals surface area contributed by atoms with Gasteiger partial charge in [-0.05, 0) is 25.7 Å². The molecule has 0 heterocycles. The van der Waals surface area contributed by atoms with Crippen molar-refractivity contribution < 1.29 is 36.5 Å². The van der Waals surface area contributed by atoms with Crippen molar-refractivity contribution >= 4 is 54.2 Å². The van der Waals surface area contributed by atoms with Crippen molar-refractivity contribution in [2.75, 3.05) is 36.0 Å². The summed E-state index contributed by atoms with van der Waals surface area (Å²) in [6.45, 7) is 8.79. The standard InChI is InChI=1S/2C12H18N4O6S/c2*1-3-5-14(6-4-2)12-10(15(17)18)7-9(23(13,21)22)8-11(12)16(19)20/h2*7-8H,3-6H2,1-2H3,(H2,13,21,22). The maximum atomic E-state index is 11.4. The highest BCUT2D eigenvalue weighted by atomic mass is 32.2. The van der Waals surface area contributed by atoms with Crippen LogP contribution in [-0.2, 0) is 20.0 Å². The summed E-state index contributed by atoms with van der Waals surface area (Å²) in [6.07, 6.45) is 2.47. The Morgan fingerprint density at radius 3 is 0.848 bits per heavy atom. The molecule has 0 aliphatic rings. The Labute approximate surface area is 264 Å². The number of primary sulfonamides is 2. The van der Waals surface area contributed by atoms with E-state index in [4.69, 9.17) is 10.3 Å². The molecule has 0 amide bonds. The number of nitrogens with two attached hydrogens (primary N) is 2.